The summed E-state index contributed by atoms with van der Waals surface area (Å²) in [6.07, 6.45) is 0. The molecule has 2 aliphatic rings. The van der Waals surface area contributed by atoms with Gasteiger partial charge in [0.15, 0.2) is 0 Å². The van der Waals surface area contributed by atoms with Crippen molar-refractivity contribution in [1.82, 2.24) is 15.5 Å². The number of halogens is 2. The fourth-order valence-corrected chi connectivity index (χ4v) is 3.21. The fraction of sp³-hybridized carbons (Fsp3) is 0.900. The van der Waals surface area contributed by atoms with Gasteiger partial charge in [0, 0.05) is 36.8 Å². The Morgan fingerprint density at radius 3 is 2.29 bits per heavy atom. The molecule has 2 saturated heterocycles. The number of carbonyl (C=O) groups is 1. The summed E-state index contributed by atoms with van der Waals surface area (Å²) in [5, 5.41) is 6.67. The molecule has 3 atom stereocenters. The van der Waals surface area contributed by atoms with Crippen LogP contribution in [0.15, 0.2) is 0 Å². The maximum atomic E-state index is 12.1. The molecule has 2 heterocycles. The van der Waals surface area contributed by atoms with Gasteiger partial charge in [-0.3, -0.25) is 10.1 Å². The van der Waals surface area contributed by atoms with Gasteiger partial charge in [-0.15, -0.1) is 36.6 Å². The van der Waals surface area contributed by atoms with E-state index in [0.717, 1.165) is 24.7 Å². The molecule has 0 aromatic heterocycles. The maximum Gasteiger partial charge on any atom is 0.240 e. The zero-order chi connectivity index (χ0) is 10.8. The van der Waals surface area contributed by atoms with Crippen LogP contribution in [0.2, 0.25) is 0 Å². The Bertz CT molecular complexity index is 242. The molecule has 0 aromatic rings. The van der Waals surface area contributed by atoms with E-state index in [2.05, 4.69) is 24.5 Å². The number of hydrogen-bond acceptors (Lipinski definition) is 4. The summed E-state index contributed by atoms with van der Waals surface area (Å²) < 4.78 is 0. The summed E-state index contributed by atoms with van der Waals surface area (Å²) in [5.74, 6) is 2.11. The zero-order valence-electron chi connectivity index (χ0n) is 10.1. The van der Waals surface area contributed by atoms with E-state index in [1.807, 2.05) is 4.90 Å². The molecule has 0 aliphatic carbocycles. The average molecular weight is 302 g/mol. The summed E-state index contributed by atoms with van der Waals surface area (Å²) in [6, 6.07) is 0.867. The first-order chi connectivity index (χ1) is 7.16. The van der Waals surface area contributed by atoms with Crippen LogP contribution in [0.25, 0.3) is 0 Å². The van der Waals surface area contributed by atoms with E-state index >= 15 is 0 Å². The van der Waals surface area contributed by atoms with E-state index < -0.39 is 0 Å². The van der Waals surface area contributed by atoms with Crippen LogP contribution in [0.3, 0.4) is 0 Å². The standard InChI is InChI=1S/C10H19N3OS.2ClH/c1-7-3-13(4-8(2)12-7)10(14)9-5-15-6-11-9;;/h7-9,11-12H,3-6H2,1-2H3;2*1H/t7?,8?,9-;;/m1../s1. The van der Waals surface area contributed by atoms with Crippen molar-refractivity contribution in [2.24, 2.45) is 0 Å². The van der Waals surface area contributed by atoms with E-state index in [1.165, 1.54) is 0 Å². The number of rotatable bonds is 1. The Labute approximate surface area is 119 Å². The molecule has 0 aromatic carbocycles. The lowest BCUT2D eigenvalue weighted by Crippen LogP contribution is -2.58. The van der Waals surface area contributed by atoms with Crippen LogP contribution in [0, 0.1) is 0 Å². The third-order valence-corrected chi connectivity index (χ3v) is 3.82. The van der Waals surface area contributed by atoms with E-state index in [-0.39, 0.29) is 36.8 Å². The predicted molar refractivity (Wildman–Crippen MR) is 77.4 cm³/mol. The van der Waals surface area contributed by atoms with Gasteiger partial charge in [-0.1, -0.05) is 0 Å². The predicted octanol–water partition coefficient (Wildman–Crippen LogP) is 0.701. The molecule has 2 N–H and O–H groups in total. The van der Waals surface area contributed by atoms with Gasteiger partial charge in [0.1, 0.15) is 0 Å². The van der Waals surface area contributed by atoms with Crippen molar-refractivity contribution >= 4 is 42.5 Å². The Morgan fingerprint density at radius 2 is 1.82 bits per heavy atom. The van der Waals surface area contributed by atoms with Crippen LogP contribution in [-0.2, 0) is 4.79 Å². The minimum atomic E-state index is 0. The monoisotopic (exact) mass is 301 g/mol. The number of nitrogens with zero attached hydrogens (tertiary/aromatic N) is 1. The quantitative estimate of drug-likeness (QED) is 0.748. The smallest absolute Gasteiger partial charge is 0.240 e. The first-order valence-corrected chi connectivity index (χ1v) is 6.68. The summed E-state index contributed by atoms with van der Waals surface area (Å²) in [6.45, 7) is 5.94. The number of carbonyl (C=O) groups excluding carboxylic acids is 1. The number of hydrogen-bond donors (Lipinski definition) is 2. The first-order valence-electron chi connectivity index (χ1n) is 5.53. The lowest BCUT2D eigenvalue weighted by atomic mass is 10.1. The summed E-state index contributed by atoms with van der Waals surface area (Å²) >= 11 is 1.80. The van der Waals surface area contributed by atoms with Crippen LogP contribution in [-0.4, -0.2) is 53.7 Å². The third-order valence-electron chi connectivity index (χ3n) is 2.88. The number of piperazine rings is 1. The zero-order valence-corrected chi connectivity index (χ0v) is 12.6. The van der Waals surface area contributed by atoms with E-state index in [4.69, 9.17) is 0 Å². The number of nitrogens with one attached hydrogen (secondary N) is 2. The summed E-state index contributed by atoms with van der Waals surface area (Å²) in [7, 11) is 0. The normalized spacial score (nSPS) is 32.6. The second kappa shape index (κ2) is 7.69. The average Bonchev–Trinajstić information content (AvgIpc) is 2.67. The van der Waals surface area contributed by atoms with Gasteiger partial charge < -0.3 is 10.2 Å². The molecule has 0 radical (unpaired) electrons. The molecule has 17 heavy (non-hydrogen) atoms. The number of thioether (sulfide) groups is 1. The van der Waals surface area contributed by atoms with Gasteiger partial charge in [0.05, 0.1) is 6.04 Å². The van der Waals surface area contributed by atoms with Gasteiger partial charge in [0.25, 0.3) is 0 Å². The van der Waals surface area contributed by atoms with E-state index in [1.54, 1.807) is 11.8 Å². The Kier molecular flexibility index (Phi) is 7.83. The van der Waals surface area contributed by atoms with Crippen molar-refractivity contribution in [1.29, 1.82) is 0 Å². The molecular weight excluding hydrogens is 281 g/mol. The molecule has 2 rings (SSSR count). The number of amides is 1. The minimum absolute atomic E-state index is 0. The molecule has 2 unspecified atom stereocenters. The molecule has 0 spiro atoms. The Balaban J connectivity index is 0.00000128. The van der Waals surface area contributed by atoms with Crippen molar-refractivity contribution in [3.05, 3.63) is 0 Å². The van der Waals surface area contributed by atoms with Crippen LogP contribution in [0.4, 0.5) is 0 Å². The van der Waals surface area contributed by atoms with E-state index in [0.29, 0.717) is 12.1 Å². The molecule has 0 saturated carbocycles. The van der Waals surface area contributed by atoms with Crippen molar-refractivity contribution in [2.45, 2.75) is 32.0 Å². The Hall–Kier alpha value is 0.320. The SMILES string of the molecule is CC1CN(C(=O)[C@H]2CSCN2)CC(C)N1.Cl.Cl. The summed E-state index contributed by atoms with van der Waals surface area (Å²) in [5.41, 5.74) is 0. The molecule has 1 amide bonds. The van der Waals surface area contributed by atoms with Crippen LogP contribution in [0.5, 0.6) is 0 Å². The van der Waals surface area contributed by atoms with Gasteiger partial charge in [-0.05, 0) is 13.8 Å². The molecule has 2 fully saturated rings. The second-order valence-corrected chi connectivity index (χ2v) is 5.51. The van der Waals surface area contributed by atoms with Gasteiger partial charge >= 0.3 is 0 Å². The summed E-state index contributed by atoms with van der Waals surface area (Å²) in [4.78, 5) is 14.1. The van der Waals surface area contributed by atoms with E-state index in [9.17, 15) is 4.79 Å². The van der Waals surface area contributed by atoms with Crippen LogP contribution < -0.4 is 10.6 Å². The lowest BCUT2D eigenvalue weighted by molar-refractivity contribution is -0.134. The van der Waals surface area contributed by atoms with Crippen molar-refractivity contribution in [2.75, 3.05) is 24.7 Å². The largest absolute Gasteiger partial charge is 0.338 e. The highest BCUT2D eigenvalue weighted by Crippen LogP contribution is 2.14. The van der Waals surface area contributed by atoms with Crippen molar-refractivity contribution < 1.29 is 4.79 Å². The maximum absolute atomic E-state index is 12.1. The minimum Gasteiger partial charge on any atom is -0.338 e. The van der Waals surface area contributed by atoms with Crippen molar-refractivity contribution in [3.63, 3.8) is 0 Å². The molecular formula is C10H21Cl2N3OS. The highest BCUT2D eigenvalue weighted by molar-refractivity contribution is 7.99. The van der Waals surface area contributed by atoms with Gasteiger partial charge in [-0.25, -0.2) is 0 Å². The highest BCUT2D eigenvalue weighted by atomic mass is 35.5. The lowest BCUT2D eigenvalue weighted by Gasteiger charge is -2.37. The van der Waals surface area contributed by atoms with Crippen molar-refractivity contribution in [3.8, 4) is 0 Å². The fourth-order valence-electron chi connectivity index (χ4n) is 2.28. The van der Waals surface area contributed by atoms with Crippen LogP contribution in [0.1, 0.15) is 13.8 Å². The second-order valence-electron chi connectivity index (χ2n) is 4.48. The molecule has 7 heteroatoms. The van der Waals surface area contributed by atoms with Gasteiger partial charge in [-0.2, -0.15) is 0 Å². The topological polar surface area (TPSA) is 44.4 Å². The molecule has 4 nitrogen and oxygen atoms in total. The first kappa shape index (κ1) is 17.3. The molecule has 2 aliphatic heterocycles. The van der Waals surface area contributed by atoms with Crippen LogP contribution >= 0.6 is 36.6 Å². The Morgan fingerprint density at radius 1 is 1.24 bits per heavy atom. The molecule has 0 bridgehead atoms. The van der Waals surface area contributed by atoms with Gasteiger partial charge in [0.2, 0.25) is 5.91 Å². The molecule has 102 valence electrons. The highest BCUT2D eigenvalue weighted by Gasteiger charge is 2.31. The third kappa shape index (κ3) is 4.48.